The van der Waals surface area contributed by atoms with Gasteiger partial charge in [0.1, 0.15) is 18.3 Å². The number of ether oxygens (including phenoxy) is 1. The molecule has 0 amide bonds. The number of aliphatic hydroxyl groups is 4. The Kier molecular flexibility index (Phi) is 5.08. The van der Waals surface area contributed by atoms with Crippen LogP contribution in [-0.2, 0) is 4.74 Å². The highest BCUT2D eigenvalue weighted by Crippen LogP contribution is 2.17. The molecule has 0 aliphatic carbocycles. The van der Waals surface area contributed by atoms with Crippen molar-refractivity contribution < 1.29 is 25.2 Å². The largest absolute Gasteiger partial charge is 0.394 e. The van der Waals surface area contributed by atoms with Gasteiger partial charge in [-0.05, 0) is 0 Å². The summed E-state index contributed by atoms with van der Waals surface area (Å²) in [5.74, 6) is 0. The monoisotopic (exact) mass is 215 g/mol. The third-order valence-electron chi connectivity index (χ3n) is 1.95. The molecule has 1 heterocycles. The number of aliphatic hydroxyl groups excluding tert-OH is 4. The van der Waals surface area contributed by atoms with Crippen LogP contribution in [0.1, 0.15) is 0 Å². The van der Waals surface area contributed by atoms with Crippen LogP contribution in [0.15, 0.2) is 0 Å². The van der Waals surface area contributed by atoms with Crippen molar-refractivity contribution in [3.63, 3.8) is 0 Å². The predicted molar refractivity (Wildman–Crippen MR) is 45.2 cm³/mol. The molecule has 0 saturated carbocycles. The van der Waals surface area contributed by atoms with E-state index in [2.05, 4.69) is 0 Å². The Balaban J connectivity index is 0.00000144. The number of rotatable bonds is 1. The summed E-state index contributed by atoms with van der Waals surface area (Å²) in [5.41, 5.74) is 5.26. The second-order valence-corrected chi connectivity index (χ2v) is 2.81. The van der Waals surface area contributed by atoms with E-state index in [0.717, 1.165) is 0 Å². The van der Waals surface area contributed by atoms with Gasteiger partial charge in [-0.15, -0.1) is 12.4 Å². The molecule has 0 aromatic rings. The summed E-state index contributed by atoms with van der Waals surface area (Å²) in [6, 6.07) is -1.04. The molecule has 0 aromatic carbocycles. The molecule has 13 heavy (non-hydrogen) atoms. The van der Waals surface area contributed by atoms with Crippen molar-refractivity contribution in [2.24, 2.45) is 5.73 Å². The highest BCUT2D eigenvalue weighted by atomic mass is 35.5. The van der Waals surface area contributed by atoms with Crippen LogP contribution in [0.3, 0.4) is 0 Å². The Morgan fingerprint density at radius 1 is 1.15 bits per heavy atom. The zero-order chi connectivity index (χ0) is 9.30. The molecule has 7 heteroatoms. The first kappa shape index (κ1) is 13.1. The van der Waals surface area contributed by atoms with Crippen molar-refractivity contribution in [3.8, 4) is 0 Å². The average molecular weight is 216 g/mol. The highest BCUT2D eigenvalue weighted by Gasteiger charge is 2.41. The lowest BCUT2D eigenvalue weighted by Gasteiger charge is -2.38. The summed E-state index contributed by atoms with van der Waals surface area (Å²) >= 11 is 0. The standard InChI is InChI=1S/C6H13NO5.ClH/c7-3-5(10)4(9)2(1-8)12-6(3)11;/h2-6,8-11H,1,7H2;1H/t2?,3-,4+,5+,6-;/m1./s1. The van der Waals surface area contributed by atoms with Gasteiger partial charge in [0.2, 0.25) is 0 Å². The molecule has 5 atom stereocenters. The lowest BCUT2D eigenvalue weighted by molar-refractivity contribution is -0.248. The number of halogens is 1. The number of hydrogen-bond acceptors (Lipinski definition) is 6. The van der Waals surface area contributed by atoms with Crippen molar-refractivity contribution in [3.05, 3.63) is 0 Å². The molecule has 0 radical (unpaired) electrons. The predicted octanol–water partition coefficient (Wildman–Crippen LogP) is -2.83. The Morgan fingerprint density at radius 2 is 1.69 bits per heavy atom. The summed E-state index contributed by atoms with van der Waals surface area (Å²) in [4.78, 5) is 0. The maximum atomic E-state index is 9.20. The molecule has 80 valence electrons. The third kappa shape index (κ3) is 2.50. The molecule has 6 nitrogen and oxygen atoms in total. The van der Waals surface area contributed by atoms with Gasteiger partial charge in [0.25, 0.3) is 0 Å². The van der Waals surface area contributed by atoms with E-state index in [0.29, 0.717) is 0 Å². The van der Waals surface area contributed by atoms with E-state index in [4.69, 9.17) is 20.7 Å². The van der Waals surface area contributed by atoms with Gasteiger partial charge in [-0.1, -0.05) is 0 Å². The van der Waals surface area contributed by atoms with Crippen LogP contribution in [-0.4, -0.2) is 57.7 Å². The Labute approximate surface area is 81.3 Å². The Hall–Kier alpha value is 0.0500. The summed E-state index contributed by atoms with van der Waals surface area (Å²) in [5, 5.41) is 36.1. The molecule has 1 rings (SSSR count). The fraction of sp³-hybridized carbons (Fsp3) is 1.00. The Bertz CT molecular complexity index is 155. The minimum Gasteiger partial charge on any atom is -0.394 e. The molecule has 6 N–H and O–H groups in total. The molecule has 1 fully saturated rings. The van der Waals surface area contributed by atoms with Crippen LogP contribution in [0, 0.1) is 0 Å². The molecule has 1 aliphatic rings. The fourth-order valence-corrected chi connectivity index (χ4v) is 1.12. The minimum absolute atomic E-state index is 0. The molecule has 0 spiro atoms. The van der Waals surface area contributed by atoms with Crippen molar-refractivity contribution in [1.29, 1.82) is 0 Å². The van der Waals surface area contributed by atoms with Gasteiger partial charge in [-0.2, -0.15) is 0 Å². The normalized spacial score (nSPS) is 45.5. The van der Waals surface area contributed by atoms with Gasteiger partial charge in [-0.25, -0.2) is 0 Å². The topological polar surface area (TPSA) is 116 Å². The zero-order valence-corrected chi connectivity index (χ0v) is 7.59. The SMILES string of the molecule is Cl.N[C@@H]1[C@H](O)[C@@H](O)C(CO)O[C@H]1O. The van der Waals surface area contributed by atoms with Crippen LogP contribution < -0.4 is 5.73 Å². The van der Waals surface area contributed by atoms with Gasteiger partial charge < -0.3 is 30.9 Å². The van der Waals surface area contributed by atoms with E-state index in [1.54, 1.807) is 0 Å². The average Bonchev–Trinajstić information content (AvgIpc) is 2.08. The molecule has 0 bridgehead atoms. The smallest absolute Gasteiger partial charge is 0.173 e. The number of hydrogen-bond donors (Lipinski definition) is 5. The summed E-state index contributed by atoms with van der Waals surface area (Å²) in [7, 11) is 0. The van der Waals surface area contributed by atoms with Crippen molar-refractivity contribution >= 4 is 12.4 Å². The van der Waals surface area contributed by atoms with E-state index in [1.807, 2.05) is 0 Å². The number of nitrogens with two attached hydrogens (primary N) is 1. The summed E-state index contributed by atoms with van der Waals surface area (Å²) < 4.78 is 4.70. The van der Waals surface area contributed by atoms with E-state index >= 15 is 0 Å². The lowest BCUT2D eigenvalue weighted by atomic mass is 9.98. The molecule has 1 saturated heterocycles. The van der Waals surface area contributed by atoms with Crippen LogP contribution in [0.25, 0.3) is 0 Å². The van der Waals surface area contributed by atoms with Gasteiger partial charge in [-0.3, -0.25) is 0 Å². The highest BCUT2D eigenvalue weighted by molar-refractivity contribution is 5.85. The lowest BCUT2D eigenvalue weighted by Crippen LogP contribution is -2.61. The molecule has 0 aromatic heterocycles. The van der Waals surface area contributed by atoms with Crippen molar-refractivity contribution in [1.82, 2.24) is 0 Å². The minimum atomic E-state index is -1.35. The first-order chi connectivity index (χ1) is 5.57. The Morgan fingerprint density at radius 3 is 2.15 bits per heavy atom. The third-order valence-corrected chi connectivity index (χ3v) is 1.95. The summed E-state index contributed by atoms with van der Waals surface area (Å²) in [6.07, 6.45) is -4.85. The quantitative estimate of drug-likeness (QED) is 0.322. The first-order valence-electron chi connectivity index (χ1n) is 3.64. The van der Waals surface area contributed by atoms with Gasteiger partial charge in [0.15, 0.2) is 6.29 Å². The van der Waals surface area contributed by atoms with Crippen LogP contribution >= 0.6 is 12.4 Å². The molecular weight excluding hydrogens is 202 g/mol. The van der Waals surface area contributed by atoms with Gasteiger partial charge in [0.05, 0.1) is 12.6 Å². The molecule has 1 aliphatic heterocycles. The van der Waals surface area contributed by atoms with E-state index in [9.17, 15) is 10.2 Å². The van der Waals surface area contributed by atoms with E-state index in [1.165, 1.54) is 0 Å². The zero-order valence-electron chi connectivity index (χ0n) is 6.78. The van der Waals surface area contributed by atoms with Crippen LogP contribution in [0.4, 0.5) is 0 Å². The van der Waals surface area contributed by atoms with Crippen molar-refractivity contribution in [2.45, 2.75) is 30.6 Å². The van der Waals surface area contributed by atoms with Crippen molar-refractivity contribution in [2.75, 3.05) is 6.61 Å². The maximum Gasteiger partial charge on any atom is 0.173 e. The second kappa shape index (κ2) is 5.06. The summed E-state index contributed by atoms with van der Waals surface area (Å²) in [6.45, 7) is -0.470. The fourth-order valence-electron chi connectivity index (χ4n) is 1.12. The van der Waals surface area contributed by atoms with E-state index in [-0.39, 0.29) is 12.4 Å². The van der Waals surface area contributed by atoms with Crippen LogP contribution in [0.2, 0.25) is 0 Å². The second-order valence-electron chi connectivity index (χ2n) is 2.81. The molecule has 1 unspecified atom stereocenters. The van der Waals surface area contributed by atoms with Gasteiger partial charge >= 0.3 is 0 Å². The van der Waals surface area contributed by atoms with Crippen LogP contribution in [0.5, 0.6) is 0 Å². The maximum absolute atomic E-state index is 9.20. The first-order valence-corrected chi connectivity index (χ1v) is 3.64. The molecular formula is C6H14ClNO5. The van der Waals surface area contributed by atoms with Gasteiger partial charge in [0, 0.05) is 0 Å². The van der Waals surface area contributed by atoms with E-state index < -0.39 is 37.3 Å².